The summed E-state index contributed by atoms with van der Waals surface area (Å²) in [6, 6.07) is 8.08. The van der Waals surface area contributed by atoms with E-state index >= 15 is 0 Å². The van der Waals surface area contributed by atoms with Gasteiger partial charge in [-0.3, -0.25) is 14.5 Å². The molecule has 140 valence electrons. The van der Waals surface area contributed by atoms with Gasteiger partial charge in [0.05, 0.1) is 5.25 Å². The van der Waals surface area contributed by atoms with Gasteiger partial charge in [0.1, 0.15) is 0 Å². The molecule has 1 amide bonds. The van der Waals surface area contributed by atoms with E-state index in [-0.39, 0.29) is 23.0 Å². The van der Waals surface area contributed by atoms with E-state index < -0.39 is 0 Å². The van der Waals surface area contributed by atoms with Crippen LogP contribution >= 0.6 is 23.1 Å². The molecular weight excluding hydrogens is 380 g/mol. The lowest BCUT2D eigenvalue weighted by Gasteiger charge is -2.15. The second-order valence-corrected chi connectivity index (χ2v) is 9.31. The number of amides is 1. The fourth-order valence-corrected chi connectivity index (χ4v) is 5.39. The molecule has 1 aromatic carbocycles. The van der Waals surface area contributed by atoms with Crippen molar-refractivity contribution in [1.29, 1.82) is 0 Å². The normalized spacial score (nSPS) is 15.1. The maximum absolute atomic E-state index is 13.1. The van der Waals surface area contributed by atoms with E-state index in [0.717, 1.165) is 35.0 Å². The fourth-order valence-electron chi connectivity index (χ4n) is 3.23. The molecule has 1 unspecified atom stereocenters. The third-order valence-corrected chi connectivity index (χ3v) is 6.75. The van der Waals surface area contributed by atoms with Crippen molar-refractivity contribution in [2.24, 2.45) is 0 Å². The molecule has 1 N–H and O–H groups in total. The second kappa shape index (κ2) is 7.09. The summed E-state index contributed by atoms with van der Waals surface area (Å²) in [6.07, 6.45) is 2.02. The molecule has 0 spiro atoms. The third kappa shape index (κ3) is 3.51. The molecule has 27 heavy (non-hydrogen) atoms. The van der Waals surface area contributed by atoms with Crippen LogP contribution in [0.5, 0.6) is 0 Å². The molecule has 2 aromatic heterocycles. The number of anilines is 1. The Morgan fingerprint density at radius 2 is 2.04 bits per heavy atom. The maximum atomic E-state index is 13.1. The predicted molar refractivity (Wildman–Crippen MR) is 109 cm³/mol. The first-order chi connectivity index (χ1) is 13.0. The summed E-state index contributed by atoms with van der Waals surface area (Å²) >= 11 is 2.77. The molecule has 8 heteroatoms. The Labute approximate surface area is 165 Å². The number of aromatic amines is 1. The van der Waals surface area contributed by atoms with Gasteiger partial charge in [0, 0.05) is 35.1 Å². The van der Waals surface area contributed by atoms with Gasteiger partial charge in [-0.15, -0.1) is 10.2 Å². The molecule has 0 bridgehead atoms. The zero-order valence-electron chi connectivity index (χ0n) is 15.4. The number of aromatic nitrogens is 3. The van der Waals surface area contributed by atoms with Crippen LogP contribution in [0.2, 0.25) is 0 Å². The lowest BCUT2D eigenvalue weighted by molar-refractivity contribution is -0.116. The minimum atomic E-state index is -0.296. The van der Waals surface area contributed by atoms with Crippen molar-refractivity contribution in [2.75, 3.05) is 4.90 Å². The van der Waals surface area contributed by atoms with Crippen LogP contribution in [0, 0.1) is 6.92 Å². The highest BCUT2D eigenvalue weighted by molar-refractivity contribution is 8.02. The number of fused-ring (bicyclic) bond motifs is 1. The first-order valence-electron chi connectivity index (χ1n) is 8.87. The van der Waals surface area contributed by atoms with Gasteiger partial charge in [-0.2, -0.15) is 0 Å². The highest BCUT2D eigenvalue weighted by Crippen LogP contribution is 2.37. The Bertz CT molecular complexity index is 1020. The number of para-hydroxylation sites is 1. The number of aryl methyl sites for hydroxylation is 1. The van der Waals surface area contributed by atoms with Crippen molar-refractivity contribution in [3.8, 4) is 0 Å². The van der Waals surface area contributed by atoms with Gasteiger partial charge in [-0.25, -0.2) is 0 Å². The molecule has 0 radical (unpaired) electrons. The van der Waals surface area contributed by atoms with E-state index in [1.54, 1.807) is 11.8 Å². The number of nitrogens with one attached hydrogen (secondary N) is 1. The average molecular weight is 401 g/mol. The Morgan fingerprint density at radius 3 is 2.74 bits per heavy atom. The van der Waals surface area contributed by atoms with Gasteiger partial charge >= 0.3 is 0 Å². The van der Waals surface area contributed by atoms with Crippen LogP contribution in [0.15, 0.2) is 28.6 Å². The van der Waals surface area contributed by atoms with Gasteiger partial charge in [-0.05, 0) is 32.8 Å². The van der Waals surface area contributed by atoms with Gasteiger partial charge in [0.15, 0.2) is 10.1 Å². The summed E-state index contributed by atoms with van der Waals surface area (Å²) in [6.45, 7) is 5.37. The molecule has 1 aliphatic carbocycles. The summed E-state index contributed by atoms with van der Waals surface area (Å²) < 4.78 is 0.704. The van der Waals surface area contributed by atoms with Crippen LogP contribution < -0.4 is 4.90 Å². The van der Waals surface area contributed by atoms with E-state index in [9.17, 15) is 9.59 Å². The van der Waals surface area contributed by atoms with Crippen LogP contribution in [-0.2, 0) is 4.79 Å². The number of carbonyl (C=O) groups is 2. The largest absolute Gasteiger partial charge is 0.358 e. The standard InChI is InChI=1S/C19H20N4O2S2/c1-10-16(14-6-4-5-7-15(14)20-10)17(25)11(2)26-19-22-21-18(27-19)23(12(3)24)13-8-9-13/h4-7,11,13,20H,8-9H2,1-3H3. The van der Waals surface area contributed by atoms with Gasteiger partial charge < -0.3 is 4.98 Å². The Morgan fingerprint density at radius 1 is 1.30 bits per heavy atom. The Balaban J connectivity index is 1.54. The molecule has 1 fully saturated rings. The molecule has 1 aliphatic rings. The molecule has 0 saturated heterocycles. The number of rotatable bonds is 6. The molecule has 3 aromatic rings. The number of thioether (sulfide) groups is 1. The van der Waals surface area contributed by atoms with Crippen LogP contribution in [0.25, 0.3) is 10.9 Å². The summed E-state index contributed by atoms with van der Waals surface area (Å²) in [5.41, 5.74) is 2.58. The van der Waals surface area contributed by atoms with Crippen LogP contribution in [-0.4, -0.2) is 38.2 Å². The number of hydrogen-bond acceptors (Lipinski definition) is 6. The summed E-state index contributed by atoms with van der Waals surface area (Å²) in [4.78, 5) is 29.9. The van der Waals surface area contributed by atoms with Crippen LogP contribution in [0.4, 0.5) is 5.13 Å². The second-order valence-electron chi connectivity index (χ2n) is 6.77. The van der Waals surface area contributed by atoms with E-state index in [0.29, 0.717) is 9.47 Å². The van der Waals surface area contributed by atoms with E-state index in [4.69, 9.17) is 0 Å². The van der Waals surface area contributed by atoms with Crippen molar-refractivity contribution in [2.45, 2.75) is 49.2 Å². The SMILES string of the molecule is CC(=O)N(c1nnc(SC(C)C(=O)c2c(C)[nH]c3ccccc23)s1)C1CC1. The average Bonchev–Trinajstić information content (AvgIpc) is 3.24. The van der Waals surface area contributed by atoms with Crippen LogP contribution in [0.1, 0.15) is 42.7 Å². The molecule has 2 heterocycles. The Kier molecular flexibility index (Phi) is 4.77. The maximum Gasteiger partial charge on any atom is 0.225 e. The zero-order valence-corrected chi connectivity index (χ0v) is 17.0. The minimum Gasteiger partial charge on any atom is -0.358 e. The third-order valence-electron chi connectivity index (χ3n) is 4.64. The molecular formula is C19H20N4O2S2. The number of Topliss-reactive ketones (excluding diaryl/α,β-unsaturated/α-hetero) is 1. The van der Waals surface area contributed by atoms with E-state index in [2.05, 4.69) is 15.2 Å². The fraction of sp³-hybridized carbons (Fsp3) is 0.368. The van der Waals surface area contributed by atoms with Crippen molar-refractivity contribution < 1.29 is 9.59 Å². The van der Waals surface area contributed by atoms with Crippen molar-refractivity contribution in [3.05, 3.63) is 35.5 Å². The predicted octanol–water partition coefficient (Wildman–Crippen LogP) is 4.21. The summed E-state index contributed by atoms with van der Waals surface area (Å²) in [5, 5.41) is 9.64. The number of nitrogens with zero attached hydrogens (tertiary/aromatic N) is 3. The topological polar surface area (TPSA) is 79.0 Å². The molecule has 4 rings (SSSR count). The van der Waals surface area contributed by atoms with Crippen molar-refractivity contribution >= 4 is 50.8 Å². The summed E-state index contributed by atoms with van der Waals surface area (Å²) in [7, 11) is 0. The van der Waals surface area contributed by atoms with Crippen molar-refractivity contribution in [3.63, 3.8) is 0 Å². The quantitative estimate of drug-likeness (QED) is 0.381. The lowest BCUT2D eigenvalue weighted by atomic mass is 10.1. The highest BCUT2D eigenvalue weighted by atomic mass is 32.2. The number of hydrogen-bond donors (Lipinski definition) is 1. The first-order valence-corrected chi connectivity index (χ1v) is 10.6. The first kappa shape index (κ1) is 18.2. The molecule has 1 atom stereocenters. The summed E-state index contributed by atoms with van der Waals surface area (Å²) in [5.74, 6) is 0.0565. The van der Waals surface area contributed by atoms with Crippen molar-refractivity contribution in [1.82, 2.24) is 15.2 Å². The number of benzene rings is 1. The van der Waals surface area contributed by atoms with E-state index in [1.807, 2.05) is 38.1 Å². The minimum absolute atomic E-state index is 0.0104. The zero-order chi connectivity index (χ0) is 19.1. The van der Waals surface area contributed by atoms with Gasteiger partial charge in [0.2, 0.25) is 11.0 Å². The smallest absolute Gasteiger partial charge is 0.225 e. The molecule has 1 saturated carbocycles. The highest BCUT2D eigenvalue weighted by Gasteiger charge is 2.34. The monoisotopic (exact) mass is 400 g/mol. The molecule has 0 aliphatic heterocycles. The Hall–Kier alpha value is -2.19. The van der Waals surface area contributed by atoms with Crippen LogP contribution in [0.3, 0.4) is 0 Å². The number of ketones is 1. The van der Waals surface area contributed by atoms with E-state index in [1.165, 1.54) is 23.1 Å². The molecule has 6 nitrogen and oxygen atoms in total. The lowest BCUT2D eigenvalue weighted by Crippen LogP contribution is -2.30. The van der Waals surface area contributed by atoms with Gasteiger partial charge in [0.25, 0.3) is 0 Å². The van der Waals surface area contributed by atoms with Gasteiger partial charge in [-0.1, -0.05) is 41.3 Å². The number of carbonyl (C=O) groups excluding carboxylic acids is 2. The number of H-pyrrole nitrogens is 1.